The fourth-order valence-corrected chi connectivity index (χ4v) is 1.90. The molecule has 0 atom stereocenters. The molecule has 0 aliphatic rings. The zero-order valence-electron chi connectivity index (χ0n) is 15.1. The monoisotopic (exact) mass is 374 g/mol. The molecule has 2 aromatic rings. The molecule has 0 fully saturated rings. The minimum atomic E-state index is -1.60. The molecule has 0 amide bonds. The Morgan fingerprint density at radius 3 is 1.09 bits per heavy atom. The second kappa shape index (κ2) is 10.6. The molecule has 124 valence electrons. The number of rotatable bonds is 0. The van der Waals surface area contributed by atoms with Crippen LogP contribution in [-0.2, 0) is 15.3 Å². The quantitative estimate of drug-likeness (QED) is 0.351. The maximum Gasteiger partial charge on any atom is -0.0632 e. The van der Waals surface area contributed by atoms with Gasteiger partial charge in [-0.25, -0.2) is 12.1 Å². The largest absolute Gasteiger partial charge is 0.208 e. The molecule has 0 N–H and O–H groups in total. The molecule has 3 heteroatoms. The van der Waals surface area contributed by atoms with E-state index in [0.717, 1.165) is 0 Å². The van der Waals surface area contributed by atoms with Gasteiger partial charge in [-0.15, -0.1) is 0 Å². The fourth-order valence-electron chi connectivity index (χ4n) is 1.90. The molecule has 0 unspecified atom stereocenters. The van der Waals surface area contributed by atoms with Crippen molar-refractivity contribution < 1.29 is 15.3 Å². The molecule has 0 bridgehead atoms. The molecule has 0 radical (unpaired) electrons. The number of hydrogen-bond donors (Lipinski definition) is 0. The van der Waals surface area contributed by atoms with E-state index in [1.54, 1.807) is 0 Å². The minimum absolute atomic E-state index is 1.21. The summed E-state index contributed by atoms with van der Waals surface area (Å²) in [4.78, 5) is 0. The van der Waals surface area contributed by atoms with Crippen LogP contribution in [0.3, 0.4) is 0 Å². The molecular formula is C19H28Cl2Ti-2. The predicted octanol–water partition coefficient (Wildman–Crippen LogP) is 6.79. The zero-order valence-corrected chi connectivity index (χ0v) is 18.1. The van der Waals surface area contributed by atoms with Crippen LogP contribution in [0.25, 0.3) is 0 Å². The summed E-state index contributed by atoms with van der Waals surface area (Å²) in [6.45, 7) is 16.8. The topological polar surface area (TPSA) is 0 Å². The van der Waals surface area contributed by atoms with Crippen LogP contribution in [-0.4, -0.2) is 3.81 Å². The van der Waals surface area contributed by atoms with E-state index in [9.17, 15) is 0 Å². The molecule has 0 spiro atoms. The predicted molar refractivity (Wildman–Crippen MR) is 101 cm³/mol. The molecule has 0 saturated heterocycles. The first-order valence-electron chi connectivity index (χ1n) is 7.44. The maximum atomic E-state index is 5.51. The van der Waals surface area contributed by atoms with Crippen molar-refractivity contribution in [1.82, 2.24) is 0 Å². The number of hydrogen-bond acceptors (Lipinski definition) is 0. The number of halogens is 2. The van der Waals surface area contributed by atoms with Crippen LogP contribution in [0.5, 0.6) is 0 Å². The van der Waals surface area contributed by atoms with E-state index >= 15 is 0 Å². The Hall–Kier alpha value is -0.136. The van der Waals surface area contributed by atoms with Crippen LogP contribution in [0.2, 0.25) is 0 Å². The van der Waals surface area contributed by atoms with Crippen molar-refractivity contribution in [1.29, 1.82) is 0 Å². The maximum absolute atomic E-state index is 5.51. The average Bonchev–Trinajstić information content (AvgIpc) is 2.82. The van der Waals surface area contributed by atoms with E-state index in [2.05, 4.69) is 65.8 Å². The van der Waals surface area contributed by atoms with Gasteiger partial charge in [0.25, 0.3) is 0 Å². The van der Waals surface area contributed by atoms with Gasteiger partial charge in [0.2, 0.25) is 0 Å². The zero-order chi connectivity index (χ0) is 17.4. The third kappa shape index (κ3) is 9.10. The smallest absolute Gasteiger partial charge is 0.0632 e. The van der Waals surface area contributed by atoms with Crippen molar-refractivity contribution in [2.24, 2.45) is 0 Å². The first kappa shape index (κ1) is 21.9. The third-order valence-electron chi connectivity index (χ3n) is 3.40. The molecule has 0 aromatic heterocycles. The van der Waals surface area contributed by atoms with E-state index in [1.807, 2.05) is 13.8 Å². The van der Waals surface area contributed by atoms with E-state index in [-0.39, 0.29) is 0 Å². The minimum Gasteiger partial charge on any atom is -0.208 e. The van der Waals surface area contributed by atoms with Gasteiger partial charge >= 0.3 is 51.6 Å². The Labute approximate surface area is 150 Å². The first-order valence-corrected chi connectivity index (χ1v) is 12.5. The Kier molecular flexibility index (Phi) is 10.5. The molecule has 0 aliphatic heterocycles. The summed E-state index contributed by atoms with van der Waals surface area (Å²) in [6, 6.07) is 8.81. The summed E-state index contributed by atoms with van der Waals surface area (Å²) < 4.78 is 1.21. The van der Waals surface area contributed by atoms with Crippen molar-refractivity contribution in [3.05, 3.63) is 57.6 Å². The fraction of sp³-hybridized carbons (Fsp3) is 0.421. The van der Waals surface area contributed by atoms with E-state index < -0.39 is 15.3 Å². The van der Waals surface area contributed by atoms with Crippen LogP contribution >= 0.6 is 18.6 Å². The van der Waals surface area contributed by atoms with Gasteiger partial charge in [0.05, 0.1) is 0 Å². The second-order valence-corrected chi connectivity index (χ2v) is 12.3. The van der Waals surface area contributed by atoms with Crippen molar-refractivity contribution in [3.63, 3.8) is 0 Å². The van der Waals surface area contributed by atoms with Crippen LogP contribution in [0.4, 0.5) is 0 Å². The Morgan fingerprint density at radius 1 is 0.773 bits per heavy atom. The van der Waals surface area contributed by atoms with Crippen LogP contribution in [0.1, 0.15) is 47.2 Å². The van der Waals surface area contributed by atoms with Gasteiger partial charge in [0, 0.05) is 0 Å². The SMILES string of the molecule is C[C](C)=[Ti]([Cl])[Cl].Cc1cc(C)c(C)[cH-]1.Cc1cc(C)c(C)[cH-]1. The average molecular weight is 375 g/mol. The van der Waals surface area contributed by atoms with E-state index in [0.29, 0.717) is 0 Å². The summed E-state index contributed by atoms with van der Waals surface area (Å²) in [7, 11) is 11.0. The molecule has 0 heterocycles. The molecule has 0 nitrogen and oxygen atoms in total. The van der Waals surface area contributed by atoms with Crippen molar-refractivity contribution >= 4 is 22.4 Å². The summed E-state index contributed by atoms with van der Waals surface area (Å²) in [5.74, 6) is 0. The molecule has 2 rings (SSSR count). The van der Waals surface area contributed by atoms with Crippen LogP contribution in [0, 0.1) is 41.5 Å². The second-order valence-electron chi connectivity index (χ2n) is 6.06. The molecular weight excluding hydrogens is 347 g/mol. The third-order valence-corrected chi connectivity index (χ3v) is 7.70. The summed E-state index contributed by atoms with van der Waals surface area (Å²) >= 11 is -1.60. The molecule has 0 aliphatic carbocycles. The van der Waals surface area contributed by atoms with Crippen molar-refractivity contribution in [2.75, 3.05) is 0 Å². The summed E-state index contributed by atoms with van der Waals surface area (Å²) in [5, 5.41) is 0. The normalized spacial score (nSPS) is 9.36. The van der Waals surface area contributed by atoms with Gasteiger partial charge in [-0.05, 0) is 0 Å². The van der Waals surface area contributed by atoms with Crippen molar-refractivity contribution in [2.45, 2.75) is 55.4 Å². The van der Waals surface area contributed by atoms with E-state index in [1.165, 1.54) is 37.2 Å². The standard InChI is InChI=1S/2C8H11.C3H6.2ClH.Ti/c2*1-6-4-7(2)8(3)5-6;1-3-2;;;/h2*4-5H,1-3H3;1-2H3;2*1H;/q2*-1;;;;+2/p-2. The molecule has 22 heavy (non-hydrogen) atoms. The Bertz CT molecular complexity index is 514. The van der Waals surface area contributed by atoms with Gasteiger partial charge in [0.1, 0.15) is 0 Å². The van der Waals surface area contributed by atoms with Gasteiger partial charge in [-0.1, -0.05) is 41.5 Å². The van der Waals surface area contributed by atoms with Gasteiger partial charge < -0.3 is 0 Å². The van der Waals surface area contributed by atoms with Gasteiger partial charge in [-0.2, -0.15) is 45.5 Å². The van der Waals surface area contributed by atoms with E-state index in [4.69, 9.17) is 18.6 Å². The summed E-state index contributed by atoms with van der Waals surface area (Å²) in [6.07, 6.45) is 0. The van der Waals surface area contributed by atoms with Gasteiger partial charge in [-0.3, -0.25) is 0 Å². The Balaban J connectivity index is 0.000000306. The Morgan fingerprint density at radius 2 is 1.05 bits per heavy atom. The summed E-state index contributed by atoms with van der Waals surface area (Å²) in [5.41, 5.74) is 8.37. The van der Waals surface area contributed by atoms with Crippen LogP contribution < -0.4 is 0 Å². The first-order chi connectivity index (χ1) is 10.0. The van der Waals surface area contributed by atoms with Crippen molar-refractivity contribution in [3.8, 4) is 0 Å². The van der Waals surface area contributed by atoms with Gasteiger partial charge in [0.15, 0.2) is 0 Å². The molecule has 2 aromatic carbocycles. The molecule has 0 saturated carbocycles. The number of aryl methyl sites for hydroxylation is 6. The van der Waals surface area contributed by atoms with Crippen LogP contribution in [0.15, 0.2) is 24.3 Å².